The molecule has 0 saturated carbocycles. The Bertz CT molecular complexity index is 751. The number of aryl methyl sites for hydroxylation is 1. The van der Waals surface area contributed by atoms with Gasteiger partial charge in [0.2, 0.25) is 0 Å². The highest BCUT2D eigenvalue weighted by Gasteiger charge is 2.26. The topological polar surface area (TPSA) is 35.9 Å². The lowest BCUT2D eigenvalue weighted by Crippen LogP contribution is -2.52. The van der Waals surface area contributed by atoms with Crippen LogP contribution in [0.4, 0.5) is 0 Å². The fourth-order valence-corrected chi connectivity index (χ4v) is 4.40. The first-order chi connectivity index (χ1) is 13.6. The van der Waals surface area contributed by atoms with Crippen molar-refractivity contribution in [1.82, 2.24) is 9.80 Å². The third kappa shape index (κ3) is 5.51. The van der Waals surface area contributed by atoms with E-state index >= 15 is 0 Å². The van der Waals surface area contributed by atoms with Crippen LogP contribution >= 0.6 is 11.8 Å². The first kappa shape index (κ1) is 21.2. The number of hydrogen-bond donors (Lipinski definition) is 1. The van der Waals surface area contributed by atoms with Crippen LogP contribution in [0.3, 0.4) is 0 Å². The molecule has 1 N–H and O–H groups in total. The molecule has 0 radical (unpaired) electrons. The summed E-state index contributed by atoms with van der Waals surface area (Å²) in [4.78, 5) is 6.34. The van der Waals surface area contributed by atoms with Crippen LogP contribution in [-0.2, 0) is 13.1 Å². The van der Waals surface area contributed by atoms with Crippen LogP contribution in [0, 0.1) is 6.92 Å². The van der Waals surface area contributed by atoms with Gasteiger partial charge in [-0.1, -0.05) is 24.3 Å². The monoisotopic (exact) mass is 400 g/mol. The third-order valence-electron chi connectivity index (χ3n) is 5.56. The van der Waals surface area contributed by atoms with Gasteiger partial charge in [-0.3, -0.25) is 9.80 Å². The van der Waals surface area contributed by atoms with Crippen LogP contribution in [0.2, 0.25) is 0 Å². The summed E-state index contributed by atoms with van der Waals surface area (Å²) >= 11 is 1.78. The van der Waals surface area contributed by atoms with E-state index < -0.39 is 0 Å². The summed E-state index contributed by atoms with van der Waals surface area (Å²) in [6, 6.07) is 15.7. The fraction of sp³-hybridized carbons (Fsp3) is 0.478. The van der Waals surface area contributed by atoms with Gasteiger partial charge in [0.05, 0.1) is 7.11 Å². The Labute approximate surface area is 173 Å². The smallest absolute Gasteiger partial charge is 0.121 e. The molecular weight excluding hydrogens is 368 g/mol. The van der Waals surface area contributed by atoms with E-state index in [0.29, 0.717) is 6.04 Å². The van der Waals surface area contributed by atoms with E-state index in [1.807, 2.05) is 0 Å². The Balaban J connectivity index is 1.62. The summed E-state index contributed by atoms with van der Waals surface area (Å²) in [5, 5.41) is 9.58. The van der Waals surface area contributed by atoms with Crippen molar-refractivity contribution < 1.29 is 9.84 Å². The fourth-order valence-electron chi connectivity index (χ4n) is 3.99. The van der Waals surface area contributed by atoms with Crippen LogP contribution < -0.4 is 4.74 Å². The number of piperazine rings is 1. The molecule has 1 aliphatic heterocycles. The molecule has 1 heterocycles. The average molecular weight is 401 g/mol. The largest absolute Gasteiger partial charge is 0.496 e. The number of hydrogen-bond acceptors (Lipinski definition) is 5. The quantitative estimate of drug-likeness (QED) is 0.682. The van der Waals surface area contributed by atoms with Gasteiger partial charge in [0.1, 0.15) is 5.75 Å². The molecule has 5 heteroatoms. The highest BCUT2D eigenvalue weighted by atomic mass is 32.2. The number of nitrogens with zero attached hydrogens (tertiary/aromatic N) is 2. The van der Waals surface area contributed by atoms with Crippen molar-refractivity contribution in [3.63, 3.8) is 0 Å². The molecule has 2 aromatic rings. The SMILES string of the molecule is COc1ccc(CN2CCN(Cc3ccc(SC)cc3)CC2CCO)cc1C. The summed E-state index contributed by atoms with van der Waals surface area (Å²) in [5.74, 6) is 0.938. The van der Waals surface area contributed by atoms with E-state index in [9.17, 15) is 5.11 Å². The molecule has 1 unspecified atom stereocenters. The van der Waals surface area contributed by atoms with Crippen molar-refractivity contribution >= 4 is 11.8 Å². The number of ether oxygens (including phenoxy) is 1. The minimum atomic E-state index is 0.235. The Morgan fingerprint density at radius 2 is 1.82 bits per heavy atom. The number of aliphatic hydroxyl groups is 1. The second-order valence-corrected chi connectivity index (χ2v) is 8.40. The molecule has 1 atom stereocenters. The van der Waals surface area contributed by atoms with E-state index in [1.165, 1.54) is 21.6 Å². The van der Waals surface area contributed by atoms with Gasteiger partial charge in [0, 0.05) is 50.3 Å². The number of methoxy groups -OCH3 is 1. The Morgan fingerprint density at radius 3 is 2.46 bits per heavy atom. The molecule has 1 aliphatic rings. The average Bonchev–Trinajstić information content (AvgIpc) is 2.71. The number of benzene rings is 2. The van der Waals surface area contributed by atoms with Crippen LogP contribution in [0.25, 0.3) is 0 Å². The summed E-state index contributed by atoms with van der Waals surface area (Å²) in [6.45, 7) is 7.31. The molecular formula is C23H32N2O2S. The van der Waals surface area contributed by atoms with Gasteiger partial charge < -0.3 is 9.84 Å². The summed E-state index contributed by atoms with van der Waals surface area (Å²) in [7, 11) is 1.72. The third-order valence-corrected chi connectivity index (χ3v) is 6.30. The predicted octanol–water partition coefficient (Wildman–Crippen LogP) is 3.79. The lowest BCUT2D eigenvalue weighted by atomic mass is 10.0. The van der Waals surface area contributed by atoms with Crippen molar-refractivity contribution in [2.24, 2.45) is 0 Å². The number of aliphatic hydroxyl groups excluding tert-OH is 1. The normalized spacial score (nSPS) is 18.4. The van der Waals surface area contributed by atoms with Gasteiger partial charge in [0.15, 0.2) is 0 Å². The van der Waals surface area contributed by atoms with Crippen molar-refractivity contribution in [1.29, 1.82) is 0 Å². The van der Waals surface area contributed by atoms with Gasteiger partial charge in [0.25, 0.3) is 0 Å². The zero-order chi connectivity index (χ0) is 19.9. The Kier molecular flexibility index (Phi) is 7.80. The molecule has 3 rings (SSSR count). The van der Waals surface area contributed by atoms with E-state index in [1.54, 1.807) is 18.9 Å². The molecule has 28 heavy (non-hydrogen) atoms. The molecule has 0 spiro atoms. The summed E-state index contributed by atoms with van der Waals surface area (Å²) in [5.41, 5.74) is 3.84. The van der Waals surface area contributed by atoms with Gasteiger partial charge in [-0.25, -0.2) is 0 Å². The highest BCUT2D eigenvalue weighted by Crippen LogP contribution is 2.23. The molecule has 0 aromatic heterocycles. The minimum absolute atomic E-state index is 0.235. The van der Waals surface area contributed by atoms with E-state index in [-0.39, 0.29) is 6.61 Å². The maximum atomic E-state index is 9.58. The molecule has 0 aliphatic carbocycles. The van der Waals surface area contributed by atoms with Crippen LogP contribution in [0.5, 0.6) is 5.75 Å². The maximum absolute atomic E-state index is 9.58. The summed E-state index contributed by atoms with van der Waals surface area (Å²) < 4.78 is 5.38. The number of thioether (sulfide) groups is 1. The van der Waals surface area contributed by atoms with Crippen molar-refractivity contribution in [2.75, 3.05) is 39.6 Å². The van der Waals surface area contributed by atoms with E-state index in [4.69, 9.17) is 4.74 Å². The van der Waals surface area contributed by atoms with Gasteiger partial charge >= 0.3 is 0 Å². The Hall–Kier alpha value is -1.53. The first-order valence-electron chi connectivity index (χ1n) is 9.96. The Morgan fingerprint density at radius 1 is 1.07 bits per heavy atom. The molecule has 1 saturated heterocycles. The second-order valence-electron chi connectivity index (χ2n) is 7.52. The maximum Gasteiger partial charge on any atom is 0.121 e. The van der Waals surface area contributed by atoms with Crippen LogP contribution in [0.15, 0.2) is 47.4 Å². The van der Waals surface area contributed by atoms with Crippen LogP contribution in [-0.4, -0.2) is 60.6 Å². The second kappa shape index (κ2) is 10.3. The zero-order valence-corrected chi connectivity index (χ0v) is 18.0. The number of rotatable bonds is 8. The van der Waals surface area contributed by atoms with Gasteiger partial charge in [-0.2, -0.15) is 0 Å². The van der Waals surface area contributed by atoms with Crippen molar-refractivity contribution in [3.8, 4) is 5.75 Å². The predicted molar refractivity (Wildman–Crippen MR) is 117 cm³/mol. The van der Waals surface area contributed by atoms with E-state index in [0.717, 1.165) is 44.9 Å². The van der Waals surface area contributed by atoms with Gasteiger partial charge in [-0.05, 0) is 54.5 Å². The first-order valence-corrected chi connectivity index (χ1v) is 11.2. The van der Waals surface area contributed by atoms with Crippen LogP contribution in [0.1, 0.15) is 23.1 Å². The van der Waals surface area contributed by atoms with E-state index in [2.05, 4.69) is 65.4 Å². The lowest BCUT2D eigenvalue weighted by molar-refractivity contribution is 0.0499. The van der Waals surface area contributed by atoms with Gasteiger partial charge in [-0.15, -0.1) is 11.8 Å². The molecule has 0 amide bonds. The lowest BCUT2D eigenvalue weighted by Gasteiger charge is -2.41. The standard InChI is InChI=1S/C23H32N2O2S/c1-18-14-20(6-9-23(18)27-2)16-25-12-11-24(17-21(25)10-13-26)15-19-4-7-22(28-3)8-5-19/h4-9,14,21,26H,10-13,15-17H2,1-3H3. The highest BCUT2D eigenvalue weighted by molar-refractivity contribution is 7.98. The molecule has 152 valence electrons. The minimum Gasteiger partial charge on any atom is -0.496 e. The zero-order valence-electron chi connectivity index (χ0n) is 17.2. The molecule has 1 fully saturated rings. The van der Waals surface area contributed by atoms with Crippen molar-refractivity contribution in [2.45, 2.75) is 37.4 Å². The van der Waals surface area contributed by atoms with Crippen molar-refractivity contribution in [3.05, 3.63) is 59.2 Å². The molecule has 2 aromatic carbocycles. The molecule has 0 bridgehead atoms. The molecule has 4 nitrogen and oxygen atoms in total. The summed E-state index contributed by atoms with van der Waals surface area (Å²) in [6.07, 6.45) is 2.93.